The lowest BCUT2D eigenvalue weighted by atomic mass is 10.0. The maximum Gasteiger partial charge on any atom is 0.511 e. The van der Waals surface area contributed by atoms with Crippen LogP contribution >= 0.6 is 11.8 Å². The van der Waals surface area contributed by atoms with Gasteiger partial charge in [-0.15, -0.1) is 22.0 Å². The molecule has 0 radical (unpaired) electrons. The van der Waals surface area contributed by atoms with E-state index in [1.807, 2.05) is 54.8 Å². The van der Waals surface area contributed by atoms with E-state index >= 15 is 0 Å². The maximum absolute atomic E-state index is 11.2. The molecular weight excluding hydrogens is 490 g/mol. The minimum Gasteiger partial charge on any atom is -0.505 e. The molecule has 3 N–H and O–H groups in total. The van der Waals surface area contributed by atoms with Crippen molar-refractivity contribution in [2.24, 2.45) is 10.2 Å². The Morgan fingerprint density at radius 1 is 0.892 bits per heavy atom. The Morgan fingerprint density at radius 3 is 2.41 bits per heavy atom. The maximum atomic E-state index is 11.2. The zero-order chi connectivity index (χ0) is 25.9. The summed E-state index contributed by atoms with van der Waals surface area (Å²) in [6.45, 7) is 0. The number of aromatic nitrogens is 1. The van der Waals surface area contributed by atoms with Gasteiger partial charge in [0.05, 0.1) is 5.52 Å². The summed E-state index contributed by atoms with van der Waals surface area (Å²) in [6.07, 6.45) is 0.573. The Morgan fingerprint density at radius 2 is 1.65 bits per heavy atom. The SMILES string of the molecule is CSc1ccc(-n2c(O)c(N=Nc3cccc(-c4cccc(OC(=O)O)c4)c3O)c3ccccc32)cc1. The quantitative estimate of drug-likeness (QED) is 0.0923. The summed E-state index contributed by atoms with van der Waals surface area (Å²) in [7, 11) is 0. The van der Waals surface area contributed by atoms with Gasteiger partial charge in [-0.3, -0.25) is 4.57 Å². The summed E-state index contributed by atoms with van der Waals surface area (Å²) in [5.74, 6) is -0.0923. The number of fused-ring (bicyclic) bond motifs is 1. The van der Waals surface area contributed by atoms with Gasteiger partial charge in [0.1, 0.15) is 11.4 Å². The molecule has 0 fully saturated rings. The second kappa shape index (κ2) is 10.1. The summed E-state index contributed by atoms with van der Waals surface area (Å²) in [6, 6.07) is 26.6. The number of benzene rings is 4. The normalized spacial score (nSPS) is 11.3. The summed E-state index contributed by atoms with van der Waals surface area (Å²) in [4.78, 5) is 12.0. The Labute approximate surface area is 216 Å². The van der Waals surface area contributed by atoms with E-state index in [2.05, 4.69) is 10.2 Å². The van der Waals surface area contributed by atoms with Crippen LogP contribution < -0.4 is 4.74 Å². The van der Waals surface area contributed by atoms with Crippen LogP contribution in [0.5, 0.6) is 17.4 Å². The number of para-hydroxylation sites is 2. The topological polar surface area (TPSA) is 117 Å². The molecule has 0 saturated heterocycles. The minimum absolute atomic E-state index is 0.0731. The predicted octanol–water partition coefficient (Wildman–Crippen LogP) is 7.90. The smallest absolute Gasteiger partial charge is 0.505 e. The lowest BCUT2D eigenvalue weighted by molar-refractivity contribution is 0.144. The van der Waals surface area contributed by atoms with Crippen LogP contribution in [0.1, 0.15) is 0 Å². The van der Waals surface area contributed by atoms with Gasteiger partial charge in [0.2, 0.25) is 5.88 Å². The van der Waals surface area contributed by atoms with Crippen LogP contribution in [0.25, 0.3) is 27.7 Å². The number of phenolic OH excluding ortho intramolecular Hbond substituents is 1. The number of carboxylic acid groups (broad SMARTS) is 1. The molecule has 0 spiro atoms. The van der Waals surface area contributed by atoms with E-state index in [9.17, 15) is 15.0 Å². The largest absolute Gasteiger partial charge is 0.511 e. The molecule has 0 saturated carbocycles. The molecule has 1 heterocycles. The molecule has 0 aliphatic rings. The fraction of sp³-hybridized carbons (Fsp3) is 0.0357. The Kier molecular flexibility index (Phi) is 6.53. The van der Waals surface area contributed by atoms with Gasteiger partial charge in [0, 0.05) is 21.5 Å². The first-order chi connectivity index (χ1) is 18.0. The number of ether oxygens (including phenoxy) is 1. The van der Waals surface area contributed by atoms with Crippen LogP contribution in [-0.2, 0) is 0 Å². The minimum atomic E-state index is -1.43. The number of carbonyl (C=O) groups is 1. The van der Waals surface area contributed by atoms with Gasteiger partial charge in [0.15, 0.2) is 11.4 Å². The second-order valence-electron chi connectivity index (χ2n) is 7.99. The van der Waals surface area contributed by atoms with Gasteiger partial charge >= 0.3 is 6.16 Å². The zero-order valence-corrected chi connectivity index (χ0v) is 20.4. The van der Waals surface area contributed by atoms with E-state index in [0.29, 0.717) is 16.5 Å². The third-order valence-corrected chi connectivity index (χ3v) is 6.52. The van der Waals surface area contributed by atoms with Crippen LogP contribution in [0.4, 0.5) is 16.2 Å². The van der Waals surface area contributed by atoms with Crippen LogP contribution in [0.2, 0.25) is 0 Å². The van der Waals surface area contributed by atoms with Gasteiger partial charge in [-0.05, 0) is 60.4 Å². The number of hydrogen-bond donors (Lipinski definition) is 3. The first kappa shape index (κ1) is 24.0. The van der Waals surface area contributed by atoms with E-state index in [1.165, 1.54) is 12.1 Å². The Hall–Kier alpha value is -4.76. The predicted molar refractivity (Wildman–Crippen MR) is 143 cm³/mol. The molecule has 37 heavy (non-hydrogen) atoms. The molecule has 8 nitrogen and oxygen atoms in total. The zero-order valence-electron chi connectivity index (χ0n) is 19.6. The molecule has 5 rings (SSSR count). The lowest BCUT2D eigenvalue weighted by Gasteiger charge is -2.08. The number of azo groups is 1. The molecule has 0 unspecified atom stereocenters. The van der Waals surface area contributed by atoms with Crippen LogP contribution in [0.3, 0.4) is 0 Å². The van der Waals surface area contributed by atoms with Gasteiger partial charge in [-0.1, -0.05) is 42.5 Å². The van der Waals surface area contributed by atoms with Gasteiger partial charge in [-0.25, -0.2) is 4.79 Å². The van der Waals surface area contributed by atoms with E-state index in [4.69, 9.17) is 9.84 Å². The molecular formula is C28H21N3O5S. The number of hydrogen-bond acceptors (Lipinski definition) is 7. The Balaban J connectivity index is 1.55. The van der Waals surface area contributed by atoms with Crippen molar-refractivity contribution < 1.29 is 24.9 Å². The molecule has 0 aliphatic carbocycles. The first-order valence-corrected chi connectivity index (χ1v) is 12.4. The highest BCUT2D eigenvalue weighted by atomic mass is 32.2. The molecule has 4 aromatic carbocycles. The fourth-order valence-electron chi connectivity index (χ4n) is 4.08. The van der Waals surface area contributed by atoms with Crippen molar-refractivity contribution in [2.75, 3.05) is 6.26 Å². The number of rotatable bonds is 6. The van der Waals surface area contributed by atoms with Crippen molar-refractivity contribution in [2.45, 2.75) is 4.90 Å². The van der Waals surface area contributed by atoms with Gasteiger partial charge in [-0.2, -0.15) is 0 Å². The van der Waals surface area contributed by atoms with Crippen LogP contribution in [-0.4, -0.2) is 32.3 Å². The number of aromatic hydroxyl groups is 2. The molecule has 0 atom stereocenters. The standard InChI is InChI=1S/C28H21N3O5S/c1-37-20-14-12-18(13-15-20)31-24-11-3-2-8-22(24)25(27(31)33)30-29-23-10-5-9-21(26(23)32)17-6-4-7-19(16-17)36-28(34)35/h2-16,32-33H,1H3,(H,34,35). The number of thioether (sulfide) groups is 1. The highest BCUT2D eigenvalue weighted by Gasteiger charge is 2.18. The third-order valence-electron chi connectivity index (χ3n) is 5.78. The molecule has 0 aliphatic heterocycles. The van der Waals surface area contributed by atoms with Crippen molar-refractivity contribution in [1.82, 2.24) is 4.57 Å². The molecule has 0 amide bonds. The monoisotopic (exact) mass is 511 g/mol. The highest BCUT2D eigenvalue weighted by Crippen LogP contribution is 2.43. The average molecular weight is 512 g/mol. The summed E-state index contributed by atoms with van der Waals surface area (Å²) >= 11 is 1.63. The molecule has 9 heteroatoms. The molecule has 0 bridgehead atoms. The number of phenols is 1. The van der Waals surface area contributed by atoms with E-state index in [-0.39, 0.29) is 28.8 Å². The summed E-state index contributed by atoms with van der Waals surface area (Å²) < 4.78 is 6.43. The van der Waals surface area contributed by atoms with Crippen LogP contribution in [0, 0.1) is 0 Å². The van der Waals surface area contributed by atoms with Crippen molar-refractivity contribution in [3.05, 3.63) is 91.0 Å². The highest BCUT2D eigenvalue weighted by molar-refractivity contribution is 7.98. The van der Waals surface area contributed by atoms with E-state index < -0.39 is 6.16 Å². The van der Waals surface area contributed by atoms with Crippen molar-refractivity contribution in [3.63, 3.8) is 0 Å². The first-order valence-electron chi connectivity index (χ1n) is 11.2. The van der Waals surface area contributed by atoms with Crippen LogP contribution in [0.15, 0.2) is 106 Å². The van der Waals surface area contributed by atoms with Crippen molar-refractivity contribution >= 4 is 40.2 Å². The fourth-order valence-corrected chi connectivity index (χ4v) is 4.49. The molecule has 1 aromatic heterocycles. The van der Waals surface area contributed by atoms with E-state index in [0.717, 1.165) is 16.1 Å². The third kappa shape index (κ3) is 4.72. The summed E-state index contributed by atoms with van der Waals surface area (Å²) in [5, 5.41) is 40.2. The molecule has 184 valence electrons. The number of nitrogens with zero attached hydrogens (tertiary/aromatic N) is 3. The average Bonchev–Trinajstić information content (AvgIpc) is 3.19. The molecule has 5 aromatic rings. The van der Waals surface area contributed by atoms with Crippen molar-refractivity contribution in [3.8, 4) is 34.2 Å². The Bertz CT molecular complexity index is 1640. The van der Waals surface area contributed by atoms with Gasteiger partial charge < -0.3 is 20.1 Å². The lowest BCUT2D eigenvalue weighted by Crippen LogP contribution is -2.02. The van der Waals surface area contributed by atoms with Crippen molar-refractivity contribution in [1.29, 1.82) is 0 Å². The second-order valence-corrected chi connectivity index (χ2v) is 8.87. The summed E-state index contributed by atoms with van der Waals surface area (Å²) in [5.41, 5.74) is 2.96. The van der Waals surface area contributed by atoms with E-state index in [1.54, 1.807) is 46.7 Å². The van der Waals surface area contributed by atoms with Gasteiger partial charge in [0.25, 0.3) is 0 Å².